The van der Waals surface area contributed by atoms with Crippen molar-refractivity contribution >= 4 is 0 Å². The van der Waals surface area contributed by atoms with Crippen LogP contribution in [0.2, 0.25) is 0 Å². The highest BCUT2D eigenvalue weighted by molar-refractivity contribution is 5.46. The van der Waals surface area contributed by atoms with E-state index in [2.05, 4.69) is 0 Å². The van der Waals surface area contributed by atoms with Gasteiger partial charge in [0, 0.05) is 5.41 Å². The van der Waals surface area contributed by atoms with Gasteiger partial charge in [-0.1, -0.05) is 39.8 Å². The summed E-state index contributed by atoms with van der Waals surface area (Å²) >= 11 is 0. The van der Waals surface area contributed by atoms with Crippen molar-refractivity contribution in [3.63, 3.8) is 0 Å². The lowest BCUT2D eigenvalue weighted by Crippen LogP contribution is -2.35. The molecule has 0 spiro atoms. The number of benzene rings is 1. The predicted octanol–water partition coefficient (Wildman–Crippen LogP) is 5.07. The molecule has 3 nitrogen and oxygen atoms in total. The van der Waals surface area contributed by atoms with Crippen molar-refractivity contribution in [2.24, 2.45) is 5.41 Å². The number of hydrogen-bond donors (Lipinski definition) is 1. The van der Waals surface area contributed by atoms with Crippen LogP contribution in [0.4, 0.5) is 0 Å². The quantitative estimate of drug-likeness (QED) is 0.712. The molecule has 0 radical (unpaired) electrons. The standard InChI is InChI=1S/C18H28O3.C2H6/c1-7-8-9-20-16-10-13(2)17(14(3)11-16)21-15(4)18(5,6)12-19;1-2/h7-8,10-11,15,19H,9,12H2,1-6H3;1-2H3/b8-7+;. The van der Waals surface area contributed by atoms with Gasteiger partial charge in [0.25, 0.3) is 0 Å². The Labute approximate surface area is 142 Å². The monoisotopic (exact) mass is 322 g/mol. The van der Waals surface area contributed by atoms with Gasteiger partial charge in [0.15, 0.2) is 0 Å². The molecule has 23 heavy (non-hydrogen) atoms. The van der Waals surface area contributed by atoms with E-state index in [0.29, 0.717) is 6.61 Å². The van der Waals surface area contributed by atoms with Gasteiger partial charge in [-0.15, -0.1) is 0 Å². The van der Waals surface area contributed by atoms with Crippen LogP contribution in [0.15, 0.2) is 24.3 Å². The Morgan fingerprint density at radius 3 is 2.13 bits per heavy atom. The number of aliphatic hydroxyl groups is 1. The summed E-state index contributed by atoms with van der Waals surface area (Å²) in [6.07, 6.45) is 3.87. The minimum atomic E-state index is -0.278. The number of rotatable bonds is 7. The molecular formula is C20H34O3. The Morgan fingerprint density at radius 2 is 1.70 bits per heavy atom. The predicted molar refractivity (Wildman–Crippen MR) is 98.5 cm³/mol. The Bertz CT molecular complexity index is 467. The second-order valence-electron chi connectivity index (χ2n) is 6.17. The van der Waals surface area contributed by atoms with Crippen LogP contribution in [0.5, 0.6) is 11.5 Å². The van der Waals surface area contributed by atoms with Crippen LogP contribution >= 0.6 is 0 Å². The SMILES string of the molecule is C/C=C/COc1cc(C)c(OC(C)C(C)(C)CO)c(C)c1.CC. The van der Waals surface area contributed by atoms with Crippen LogP contribution in [0.3, 0.4) is 0 Å². The van der Waals surface area contributed by atoms with Crippen molar-refractivity contribution in [1.82, 2.24) is 0 Å². The molecule has 0 heterocycles. The lowest BCUT2D eigenvalue weighted by atomic mass is 9.88. The van der Waals surface area contributed by atoms with Gasteiger partial charge in [0.05, 0.1) is 6.61 Å². The molecule has 0 fully saturated rings. The van der Waals surface area contributed by atoms with Crippen molar-refractivity contribution in [1.29, 1.82) is 0 Å². The fourth-order valence-corrected chi connectivity index (χ4v) is 1.89. The highest BCUT2D eigenvalue weighted by Crippen LogP contribution is 2.32. The molecule has 3 heteroatoms. The molecule has 0 saturated carbocycles. The third-order valence-corrected chi connectivity index (χ3v) is 3.82. The third kappa shape index (κ3) is 6.66. The summed E-state index contributed by atoms with van der Waals surface area (Å²) in [6, 6.07) is 3.98. The Kier molecular flexibility index (Phi) is 9.66. The first-order valence-corrected chi connectivity index (χ1v) is 8.44. The molecule has 132 valence electrons. The van der Waals surface area contributed by atoms with Crippen LogP contribution < -0.4 is 9.47 Å². The Hall–Kier alpha value is -1.48. The van der Waals surface area contributed by atoms with Crippen molar-refractivity contribution in [3.05, 3.63) is 35.4 Å². The van der Waals surface area contributed by atoms with E-state index in [9.17, 15) is 5.11 Å². The summed E-state index contributed by atoms with van der Waals surface area (Å²) in [6.45, 7) is 16.7. The topological polar surface area (TPSA) is 38.7 Å². The number of ether oxygens (including phenoxy) is 2. The number of allylic oxidation sites excluding steroid dienone is 1. The van der Waals surface area contributed by atoms with Crippen molar-refractivity contribution in [3.8, 4) is 11.5 Å². The van der Waals surface area contributed by atoms with Crippen molar-refractivity contribution in [2.75, 3.05) is 13.2 Å². The largest absolute Gasteiger partial charge is 0.490 e. The summed E-state index contributed by atoms with van der Waals surface area (Å²) in [7, 11) is 0. The van der Waals surface area contributed by atoms with Gasteiger partial charge >= 0.3 is 0 Å². The minimum Gasteiger partial charge on any atom is -0.490 e. The molecule has 0 aliphatic heterocycles. The summed E-state index contributed by atoms with van der Waals surface area (Å²) in [5.74, 6) is 1.73. The lowest BCUT2D eigenvalue weighted by molar-refractivity contribution is 0.0358. The molecule has 1 aromatic rings. The molecule has 1 atom stereocenters. The van der Waals surface area contributed by atoms with E-state index in [1.807, 2.05) is 79.7 Å². The van der Waals surface area contributed by atoms with Crippen LogP contribution in [0.25, 0.3) is 0 Å². The first-order chi connectivity index (χ1) is 10.8. The van der Waals surface area contributed by atoms with Gasteiger partial charge in [0.1, 0.15) is 24.2 Å². The van der Waals surface area contributed by atoms with E-state index < -0.39 is 0 Å². The molecular weight excluding hydrogens is 288 g/mol. The summed E-state index contributed by atoms with van der Waals surface area (Å²) in [5.41, 5.74) is 1.82. The molecule has 0 bridgehead atoms. The molecule has 1 unspecified atom stereocenters. The molecule has 0 saturated heterocycles. The summed E-state index contributed by atoms with van der Waals surface area (Å²) in [5, 5.41) is 9.44. The third-order valence-electron chi connectivity index (χ3n) is 3.82. The average molecular weight is 322 g/mol. The van der Waals surface area contributed by atoms with E-state index in [0.717, 1.165) is 22.6 Å². The first-order valence-electron chi connectivity index (χ1n) is 8.44. The molecule has 1 aromatic carbocycles. The molecule has 1 rings (SSSR count). The molecule has 1 N–H and O–H groups in total. The molecule has 0 amide bonds. The molecule has 0 aliphatic rings. The van der Waals surface area contributed by atoms with Crippen molar-refractivity contribution < 1.29 is 14.6 Å². The van der Waals surface area contributed by atoms with E-state index in [1.54, 1.807) is 0 Å². The van der Waals surface area contributed by atoms with E-state index in [4.69, 9.17) is 9.47 Å². The summed E-state index contributed by atoms with van der Waals surface area (Å²) in [4.78, 5) is 0. The minimum absolute atomic E-state index is 0.0744. The maximum absolute atomic E-state index is 9.44. The lowest BCUT2D eigenvalue weighted by Gasteiger charge is -2.31. The van der Waals surface area contributed by atoms with Gasteiger partial charge in [-0.05, 0) is 51.0 Å². The normalized spacial score (nSPS) is 12.6. The molecule has 0 aromatic heterocycles. The van der Waals surface area contributed by atoms with Crippen LogP contribution in [-0.4, -0.2) is 24.4 Å². The van der Waals surface area contributed by atoms with Crippen molar-refractivity contribution in [2.45, 2.75) is 61.5 Å². The second kappa shape index (κ2) is 10.3. The van der Waals surface area contributed by atoms with Crippen LogP contribution in [0.1, 0.15) is 52.7 Å². The number of aryl methyl sites for hydroxylation is 2. The zero-order valence-electron chi connectivity index (χ0n) is 16.1. The zero-order valence-corrected chi connectivity index (χ0v) is 16.1. The van der Waals surface area contributed by atoms with Crippen LogP contribution in [-0.2, 0) is 0 Å². The molecule has 0 aliphatic carbocycles. The van der Waals surface area contributed by atoms with E-state index >= 15 is 0 Å². The van der Waals surface area contributed by atoms with Gasteiger partial charge in [-0.25, -0.2) is 0 Å². The Morgan fingerprint density at radius 1 is 1.17 bits per heavy atom. The fourth-order valence-electron chi connectivity index (χ4n) is 1.89. The summed E-state index contributed by atoms with van der Waals surface area (Å²) < 4.78 is 11.8. The first kappa shape index (κ1) is 21.5. The van der Waals surface area contributed by atoms with Gasteiger partial charge in [0.2, 0.25) is 0 Å². The fraction of sp³-hybridized carbons (Fsp3) is 0.600. The average Bonchev–Trinajstić information content (AvgIpc) is 2.52. The maximum atomic E-state index is 9.44. The zero-order chi connectivity index (χ0) is 18.0. The van der Waals surface area contributed by atoms with Crippen LogP contribution in [0, 0.1) is 19.3 Å². The highest BCUT2D eigenvalue weighted by Gasteiger charge is 2.27. The maximum Gasteiger partial charge on any atom is 0.125 e. The Balaban J connectivity index is 0.00000232. The van der Waals surface area contributed by atoms with Gasteiger partial charge in [-0.3, -0.25) is 0 Å². The number of hydrogen-bond acceptors (Lipinski definition) is 3. The van der Waals surface area contributed by atoms with E-state index in [-0.39, 0.29) is 18.1 Å². The highest BCUT2D eigenvalue weighted by atomic mass is 16.5. The van der Waals surface area contributed by atoms with E-state index in [1.165, 1.54) is 0 Å². The van der Waals surface area contributed by atoms with Gasteiger partial charge < -0.3 is 14.6 Å². The smallest absolute Gasteiger partial charge is 0.125 e. The van der Waals surface area contributed by atoms with Gasteiger partial charge in [-0.2, -0.15) is 0 Å². The number of aliphatic hydroxyl groups excluding tert-OH is 1. The second-order valence-corrected chi connectivity index (χ2v) is 6.17.